The minimum Gasteiger partial charge on any atom is -0.469 e. The smallest absolute Gasteiger partial charge is 0.327 e. The first-order chi connectivity index (χ1) is 18.8. The predicted octanol–water partition coefficient (Wildman–Crippen LogP) is 1.92. The Labute approximate surface area is 226 Å². The van der Waals surface area contributed by atoms with Crippen molar-refractivity contribution in [2.24, 2.45) is 11.7 Å². The summed E-state index contributed by atoms with van der Waals surface area (Å²) < 4.78 is 12.0. The number of anilines is 1. The standard InChI is InChI=1S/C27H37N7O5/c1-3-4-14-39-26-31-23(28)21-25(32-26)34(27(37)30-21)13-10-17-8-11-33(12-9-17)22(24(29)36)19-7-5-6-18(15-19)16-20(35)38-2/h5-7,15,17,22H,3-4,8-14,16H2,1-2H3,(H2,29,36)(H,30,37)(H2,28,31,32). The van der Waals surface area contributed by atoms with Gasteiger partial charge in [0.05, 0.1) is 20.1 Å². The monoisotopic (exact) mass is 539 g/mol. The highest BCUT2D eigenvalue weighted by Gasteiger charge is 2.30. The lowest BCUT2D eigenvalue weighted by atomic mass is 9.91. The van der Waals surface area contributed by atoms with Crippen LogP contribution in [0.2, 0.25) is 0 Å². The molecule has 12 nitrogen and oxygen atoms in total. The lowest BCUT2D eigenvalue weighted by Crippen LogP contribution is -2.42. The molecule has 2 aromatic heterocycles. The van der Waals surface area contributed by atoms with Crippen molar-refractivity contribution >= 4 is 28.9 Å². The number of likely N-dealkylation sites (tertiary alicyclic amines) is 1. The number of carbonyl (C=O) groups is 2. The van der Waals surface area contributed by atoms with Crippen molar-refractivity contribution in [2.45, 2.75) is 58.0 Å². The normalized spacial score (nSPS) is 15.3. The third kappa shape index (κ3) is 6.75. The number of nitrogens with zero attached hydrogens (tertiary/aromatic N) is 4. The molecular formula is C27H37N7O5. The van der Waals surface area contributed by atoms with Crippen molar-refractivity contribution in [3.05, 3.63) is 45.9 Å². The van der Waals surface area contributed by atoms with Crippen molar-refractivity contribution in [3.63, 3.8) is 0 Å². The number of hydrogen-bond acceptors (Lipinski definition) is 9. The number of methoxy groups -OCH3 is 1. The Morgan fingerprint density at radius 3 is 2.69 bits per heavy atom. The first kappa shape index (κ1) is 28.1. The van der Waals surface area contributed by atoms with Crippen molar-refractivity contribution in [1.82, 2.24) is 24.4 Å². The van der Waals surface area contributed by atoms with E-state index < -0.39 is 11.9 Å². The Kier molecular flexibility index (Phi) is 9.18. The van der Waals surface area contributed by atoms with Gasteiger partial charge >= 0.3 is 17.7 Å². The van der Waals surface area contributed by atoms with Crippen LogP contribution in [0.3, 0.4) is 0 Å². The summed E-state index contributed by atoms with van der Waals surface area (Å²) in [5.74, 6) is -0.226. The summed E-state index contributed by atoms with van der Waals surface area (Å²) >= 11 is 0. The summed E-state index contributed by atoms with van der Waals surface area (Å²) in [7, 11) is 1.35. The van der Waals surface area contributed by atoms with Gasteiger partial charge < -0.3 is 25.9 Å². The fourth-order valence-corrected chi connectivity index (χ4v) is 5.09. The molecule has 12 heteroatoms. The highest BCUT2D eigenvalue weighted by molar-refractivity contribution is 5.82. The van der Waals surface area contributed by atoms with Crippen molar-refractivity contribution in [3.8, 4) is 6.01 Å². The van der Waals surface area contributed by atoms with Crippen LogP contribution in [0.5, 0.6) is 6.01 Å². The summed E-state index contributed by atoms with van der Waals surface area (Å²) in [6, 6.07) is 6.95. The number of H-pyrrole nitrogens is 1. The largest absolute Gasteiger partial charge is 0.469 e. The van der Waals surface area contributed by atoms with Gasteiger partial charge in [-0.1, -0.05) is 37.6 Å². The van der Waals surface area contributed by atoms with Crippen LogP contribution in [-0.4, -0.2) is 63.1 Å². The van der Waals surface area contributed by atoms with Crippen molar-refractivity contribution in [1.29, 1.82) is 0 Å². The number of esters is 1. The van der Waals surface area contributed by atoms with E-state index in [9.17, 15) is 14.4 Å². The molecule has 1 atom stereocenters. The van der Waals surface area contributed by atoms with Gasteiger partial charge in [0.25, 0.3) is 0 Å². The first-order valence-electron chi connectivity index (χ1n) is 13.4. The zero-order valence-electron chi connectivity index (χ0n) is 22.5. The fourth-order valence-electron chi connectivity index (χ4n) is 5.09. The number of fused-ring (bicyclic) bond motifs is 1. The number of nitrogens with one attached hydrogen (secondary N) is 1. The molecule has 3 heterocycles. The van der Waals surface area contributed by atoms with E-state index in [1.165, 1.54) is 7.11 Å². The number of piperidine rings is 1. The topological polar surface area (TPSA) is 171 Å². The van der Waals surface area contributed by atoms with Crippen LogP contribution in [0.25, 0.3) is 11.2 Å². The maximum Gasteiger partial charge on any atom is 0.327 e. The van der Waals surface area contributed by atoms with Crippen molar-refractivity contribution in [2.75, 3.05) is 32.5 Å². The molecule has 0 aliphatic carbocycles. The van der Waals surface area contributed by atoms with E-state index in [-0.39, 0.29) is 29.9 Å². The zero-order valence-corrected chi connectivity index (χ0v) is 22.5. The summed E-state index contributed by atoms with van der Waals surface area (Å²) in [6.45, 7) is 4.40. The van der Waals surface area contributed by atoms with Crippen LogP contribution >= 0.6 is 0 Å². The molecule has 1 aromatic carbocycles. The second-order valence-electron chi connectivity index (χ2n) is 9.94. The molecule has 1 amide bonds. The molecule has 5 N–H and O–H groups in total. The number of aromatic amines is 1. The number of benzene rings is 1. The number of nitrogens with two attached hydrogens (primary N) is 2. The lowest BCUT2D eigenvalue weighted by molar-refractivity contribution is -0.139. The maximum atomic E-state index is 12.7. The number of carbonyl (C=O) groups excluding carboxylic acids is 2. The van der Waals surface area contributed by atoms with E-state index in [4.69, 9.17) is 20.9 Å². The third-order valence-corrected chi connectivity index (χ3v) is 7.25. The SMILES string of the molecule is CCCCOc1nc(N)c2[nH]c(=O)n(CCC3CCN(C(C(N)=O)c4cccc(CC(=O)OC)c4)CC3)c2n1. The van der Waals surface area contributed by atoms with Crippen LogP contribution < -0.4 is 21.9 Å². The molecule has 1 aliphatic heterocycles. The van der Waals surface area contributed by atoms with Crippen LogP contribution in [0.4, 0.5) is 5.82 Å². The van der Waals surface area contributed by atoms with Gasteiger partial charge in [-0.2, -0.15) is 9.97 Å². The molecule has 210 valence electrons. The Morgan fingerprint density at radius 1 is 1.23 bits per heavy atom. The zero-order chi connectivity index (χ0) is 27.9. The molecule has 0 bridgehead atoms. The highest BCUT2D eigenvalue weighted by atomic mass is 16.5. The predicted molar refractivity (Wildman–Crippen MR) is 146 cm³/mol. The Balaban J connectivity index is 1.40. The molecule has 1 aliphatic rings. The van der Waals surface area contributed by atoms with E-state index in [1.807, 2.05) is 24.3 Å². The Hall–Kier alpha value is -3.93. The van der Waals surface area contributed by atoms with Gasteiger partial charge in [0.15, 0.2) is 11.5 Å². The van der Waals surface area contributed by atoms with Gasteiger partial charge in [0.2, 0.25) is 5.91 Å². The van der Waals surface area contributed by atoms with Gasteiger partial charge in [-0.15, -0.1) is 0 Å². The number of nitrogen functional groups attached to an aromatic ring is 1. The van der Waals surface area contributed by atoms with Crippen LogP contribution in [0.15, 0.2) is 29.1 Å². The van der Waals surface area contributed by atoms with Gasteiger partial charge in [-0.3, -0.25) is 19.1 Å². The van der Waals surface area contributed by atoms with Gasteiger partial charge in [0, 0.05) is 6.54 Å². The second kappa shape index (κ2) is 12.7. The molecule has 0 spiro atoms. The Morgan fingerprint density at radius 2 is 2.00 bits per heavy atom. The van der Waals surface area contributed by atoms with E-state index >= 15 is 0 Å². The first-order valence-corrected chi connectivity index (χ1v) is 13.4. The molecule has 1 fully saturated rings. The number of amides is 1. The molecule has 1 saturated heterocycles. The van der Waals surface area contributed by atoms with E-state index in [0.29, 0.717) is 43.3 Å². The average molecular weight is 540 g/mol. The highest BCUT2D eigenvalue weighted by Crippen LogP contribution is 2.29. The molecule has 3 aromatic rings. The minimum absolute atomic E-state index is 0.133. The number of ether oxygens (including phenoxy) is 2. The number of rotatable bonds is 12. The van der Waals surface area contributed by atoms with Crippen LogP contribution in [0, 0.1) is 5.92 Å². The molecule has 0 radical (unpaired) electrons. The number of aromatic nitrogens is 4. The van der Waals surface area contributed by atoms with Crippen molar-refractivity contribution < 1.29 is 19.1 Å². The number of hydrogen-bond donors (Lipinski definition) is 3. The second-order valence-corrected chi connectivity index (χ2v) is 9.94. The molecular weight excluding hydrogens is 502 g/mol. The fraction of sp³-hybridized carbons (Fsp3) is 0.519. The Bertz CT molecular complexity index is 1360. The molecule has 0 saturated carbocycles. The third-order valence-electron chi connectivity index (χ3n) is 7.25. The minimum atomic E-state index is -0.578. The van der Waals surface area contributed by atoms with Gasteiger partial charge in [0.1, 0.15) is 11.6 Å². The molecule has 1 unspecified atom stereocenters. The summed E-state index contributed by atoms with van der Waals surface area (Å²) in [5.41, 5.74) is 14.0. The quantitative estimate of drug-likeness (QED) is 0.230. The molecule has 4 rings (SSSR count). The van der Waals surface area contributed by atoms with E-state index in [0.717, 1.165) is 43.2 Å². The number of aryl methyl sites for hydroxylation is 1. The maximum absolute atomic E-state index is 12.7. The van der Waals surface area contributed by atoms with E-state index in [2.05, 4.69) is 26.8 Å². The summed E-state index contributed by atoms with van der Waals surface area (Å²) in [4.78, 5) is 50.3. The van der Waals surface area contributed by atoms with Crippen LogP contribution in [0.1, 0.15) is 56.2 Å². The van der Waals surface area contributed by atoms with Crippen LogP contribution in [-0.2, 0) is 27.3 Å². The average Bonchev–Trinajstić information content (AvgIpc) is 3.24. The van der Waals surface area contributed by atoms with Gasteiger partial charge in [-0.05, 0) is 55.8 Å². The van der Waals surface area contributed by atoms with Gasteiger partial charge in [-0.25, -0.2) is 4.79 Å². The number of imidazole rings is 1. The summed E-state index contributed by atoms with van der Waals surface area (Å²) in [5, 5.41) is 0. The molecule has 39 heavy (non-hydrogen) atoms. The number of unbranched alkanes of at least 4 members (excludes halogenated alkanes) is 1. The lowest BCUT2D eigenvalue weighted by Gasteiger charge is -2.36. The van der Waals surface area contributed by atoms with E-state index in [1.54, 1.807) is 4.57 Å². The number of primary amides is 1. The summed E-state index contributed by atoms with van der Waals surface area (Å²) in [6.07, 6.45) is 4.46.